The molecule has 0 aliphatic carbocycles. The summed E-state index contributed by atoms with van der Waals surface area (Å²) in [4.78, 5) is 27.8. The summed E-state index contributed by atoms with van der Waals surface area (Å²) in [5, 5.41) is 0. The van der Waals surface area contributed by atoms with Crippen molar-refractivity contribution in [2.45, 2.75) is 13.1 Å². The fraction of sp³-hybridized carbons (Fsp3) is 0.133. The van der Waals surface area contributed by atoms with Gasteiger partial charge in [0.15, 0.2) is 0 Å². The quantitative estimate of drug-likeness (QED) is 0.771. The number of fused-ring (bicyclic) bond motifs is 1. The number of hydrogen-bond donors (Lipinski definition) is 1. The van der Waals surface area contributed by atoms with Gasteiger partial charge < -0.3 is 14.9 Å². The maximum absolute atomic E-state index is 12.0. The van der Waals surface area contributed by atoms with Crippen molar-refractivity contribution < 1.29 is 0 Å². The highest BCUT2D eigenvalue weighted by molar-refractivity contribution is 5.74. The molecule has 106 valence electrons. The molecule has 6 nitrogen and oxygen atoms in total. The lowest BCUT2D eigenvalue weighted by molar-refractivity contribution is 0.565. The van der Waals surface area contributed by atoms with Gasteiger partial charge in [-0.15, -0.1) is 0 Å². The van der Waals surface area contributed by atoms with Crippen LogP contribution in [0.5, 0.6) is 0 Å². The Balaban J connectivity index is 1.99. The Kier molecular flexibility index (Phi) is 3.27. The van der Waals surface area contributed by atoms with Gasteiger partial charge in [-0.2, -0.15) is 0 Å². The van der Waals surface area contributed by atoms with E-state index in [-0.39, 0.29) is 11.1 Å². The average Bonchev–Trinajstić information content (AvgIpc) is 2.49. The van der Waals surface area contributed by atoms with Crippen molar-refractivity contribution in [2.24, 2.45) is 0 Å². The summed E-state index contributed by atoms with van der Waals surface area (Å²) in [6, 6.07) is 10.4. The van der Waals surface area contributed by atoms with E-state index >= 15 is 0 Å². The molecule has 0 unspecified atom stereocenters. The van der Waals surface area contributed by atoms with Crippen LogP contribution in [0.15, 0.2) is 58.4 Å². The van der Waals surface area contributed by atoms with E-state index in [1.165, 1.54) is 16.8 Å². The summed E-state index contributed by atoms with van der Waals surface area (Å²) in [5.41, 5.74) is 7.36. The molecule has 0 aliphatic rings. The van der Waals surface area contributed by atoms with E-state index in [0.29, 0.717) is 18.8 Å². The Bertz CT molecular complexity index is 911. The molecule has 0 saturated heterocycles. The van der Waals surface area contributed by atoms with Gasteiger partial charge in [0.2, 0.25) is 0 Å². The number of para-hydroxylation sites is 2. The fourth-order valence-electron chi connectivity index (χ4n) is 2.28. The van der Waals surface area contributed by atoms with Crippen LogP contribution in [-0.4, -0.2) is 14.1 Å². The lowest BCUT2D eigenvalue weighted by Crippen LogP contribution is -2.26. The van der Waals surface area contributed by atoms with Gasteiger partial charge in [-0.3, -0.25) is 9.59 Å². The second-order valence-corrected chi connectivity index (χ2v) is 4.73. The molecule has 0 atom stereocenters. The van der Waals surface area contributed by atoms with E-state index in [1.807, 2.05) is 24.3 Å². The SMILES string of the molecule is Nc1ccc(=O)n(CCn2c(=O)cnc3ccccc32)c1. The third-order valence-corrected chi connectivity index (χ3v) is 3.32. The van der Waals surface area contributed by atoms with E-state index < -0.39 is 0 Å². The summed E-state index contributed by atoms with van der Waals surface area (Å²) in [6.07, 6.45) is 2.88. The Morgan fingerprint density at radius 2 is 1.81 bits per heavy atom. The van der Waals surface area contributed by atoms with E-state index in [2.05, 4.69) is 4.98 Å². The van der Waals surface area contributed by atoms with Crippen LogP contribution in [0, 0.1) is 0 Å². The van der Waals surface area contributed by atoms with E-state index in [0.717, 1.165) is 11.0 Å². The highest BCUT2D eigenvalue weighted by Gasteiger charge is 2.04. The summed E-state index contributed by atoms with van der Waals surface area (Å²) in [5.74, 6) is 0. The number of hydrogen-bond acceptors (Lipinski definition) is 4. The van der Waals surface area contributed by atoms with Crippen LogP contribution in [0.1, 0.15) is 0 Å². The van der Waals surface area contributed by atoms with Gasteiger partial charge >= 0.3 is 0 Å². The predicted octanol–water partition coefficient (Wildman–Crippen LogP) is 0.841. The number of nitrogens with two attached hydrogens (primary N) is 1. The number of nitrogens with zero attached hydrogens (tertiary/aromatic N) is 3. The van der Waals surface area contributed by atoms with Crippen molar-refractivity contribution in [2.75, 3.05) is 5.73 Å². The van der Waals surface area contributed by atoms with Gasteiger partial charge in [-0.25, -0.2) is 4.98 Å². The molecular weight excluding hydrogens is 268 g/mol. The van der Waals surface area contributed by atoms with Crippen LogP contribution < -0.4 is 16.9 Å². The van der Waals surface area contributed by atoms with Gasteiger partial charge in [0.25, 0.3) is 11.1 Å². The Hall–Kier alpha value is -2.89. The van der Waals surface area contributed by atoms with Crippen LogP contribution in [0.3, 0.4) is 0 Å². The Morgan fingerprint density at radius 1 is 1.00 bits per heavy atom. The molecule has 0 amide bonds. The van der Waals surface area contributed by atoms with Gasteiger partial charge in [-0.1, -0.05) is 12.1 Å². The third-order valence-electron chi connectivity index (χ3n) is 3.32. The maximum Gasteiger partial charge on any atom is 0.269 e. The van der Waals surface area contributed by atoms with E-state index in [1.54, 1.807) is 16.8 Å². The zero-order chi connectivity index (χ0) is 14.8. The zero-order valence-electron chi connectivity index (χ0n) is 11.3. The van der Waals surface area contributed by atoms with Gasteiger partial charge in [0, 0.05) is 31.0 Å². The maximum atomic E-state index is 12.0. The molecule has 2 N–H and O–H groups in total. The lowest BCUT2D eigenvalue weighted by Gasteiger charge is -2.11. The largest absolute Gasteiger partial charge is 0.398 e. The van der Waals surface area contributed by atoms with Crippen LogP contribution in [0.4, 0.5) is 5.69 Å². The first kappa shape index (κ1) is 13.1. The number of rotatable bonds is 3. The first-order chi connectivity index (χ1) is 10.1. The highest BCUT2D eigenvalue weighted by atomic mass is 16.1. The molecule has 0 fully saturated rings. The minimum atomic E-state index is -0.189. The molecule has 3 aromatic rings. The highest BCUT2D eigenvalue weighted by Crippen LogP contribution is 2.08. The lowest BCUT2D eigenvalue weighted by atomic mass is 10.3. The van der Waals surface area contributed by atoms with Crippen molar-refractivity contribution in [1.82, 2.24) is 14.1 Å². The van der Waals surface area contributed by atoms with Gasteiger partial charge in [0.05, 0.1) is 17.2 Å². The minimum absolute atomic E-state index is 0.143. The molecule has 3 rings (SSSR count). The van der Waals surface area contributed by atoms with Crippen LogP contribution >= 0.6 is 0 Å². The number of aryl methyl sites for hydroxylation is 2. The van der Waals surface area contributed by atoms with E-state index in [4.69, 9.17) is 5.73 Å². The normalized spacial score (nSPS) is 10.9. The van der Waals surface area contributed by atoms with Crippen molar-refractivity contribution >= 4 is 16.7 Å². The molecule has 0 radical (unpaired) electrons. The first-order valence-electron chi connectivity index (χ1n) is 6.56. The zero-order valence-corrected chi connectivity index (χ0v) is 11.3. The van der Waals surface area contributed by atoms with Crippen LogP contribution in [0.2, 0.25) is 0 Å². The molecule has 0 aliphatic heterocycles. The van der Waals surface area contributed by atoms with Crippen molar-refractivity contribution in [3.05, 3.63) is 69.5 Å². The molecule has 1 aromatic carbocycles. The molecule has 21 heavy (non-hydrogen) atoms. The van der Waals surface area contributed by atoms with Crippen LogP contribution in [0.25, 0.3) is 11.0 Å². The molecule has 0 bridgehead atoms. The number of anilines is 1. The van der Waals surface area contributed by atoms with Crippen LogP contribution in [-0.2, 0) is 13.1 Å². The Labute approximate surface area is 120 Å². The predicted molar refractivity (Wildman–Crippen MR) is 81.1 cm³/mol. The van der Waals surface area contributed by atoms with Gasteiger partial charge in [0.1, 0.15) is 0 Å². The standard InChI is InChI=1S/C15H14N4O2/c16-11-5-6-14(20)18(10-11)7-8-19-13-4-2-1-3-12(13)17-9-15(19)21/h1-6,9-10H,7-8,16H2. The topological polar surface area (TPSA) is 82.9 Å². The van der Waals surface area contributed by atoms with E-state index in [9.17, 15) is 9.59 Å². The second kappa shape index (κ2) is 5.24. The first-order valence-corrected chi connectivity index (χ1v) is 6.56. The van der Waals surface area contributed by atoms with Crippen molar-refractivity contribution in [3.63, 3.8) is 0 Å². The molecule has 0 spiro atoms. The minimum Gasteiger partial charge on any atom is -0.398 e. The number of aromatic nitrogens is 3. The molecule has 6 heteroatoms. The smallest absolute Gasteiger partial charge is 0.269 e. The summed E-state index contributed by atoms with van der Waals surface area (Å²) in [7, 11) is 0. The molecule has 0 saturated carbocycles. The fourth-order valence-corrected chi connectivity index (χ4v) is 2.28. The van der Waals surface area contributed by atoms with Crippen molar-refractivity contribution in [3.8, 4) is 0 Å². The number of pyridine rings is 1. The number of benzene rings is 1. The summed E-state index contributed by atoms with van der Waals surface area (Å²) >= 11 is 0. The van der Waals surface area contributed by atoms with Gasteiger partial charge in [-0.05, 0) is 18.2 Å². The average molecular weight is 282 g/mol. The summed E-state index contributed by atoms with van der Waals surface area (Å²) in [6.45, 7) is 0.753. The second-order valence-electron chi connectivity index (χ2n) is 4.73. The molecular formula is C15H14N4O2. The third kappa shape index (κ3) is 2.55. The summed E-state index contributed by atoms with van der Waals surface area (Å²) < 4.78 is 3.11. The monoisotopic (exact) mass is 282 g/mol. The molecule has 2 aromatic heterocycles. The Morgan fingerprint density at radius 3 is 2.67 bits per heavy atom. The number of nitrogen functional groups attached to an aromatic ring is 1. The van der Waals surface area contributed by atoms with Crippen molar-refractivity contribution in [1.29, 1.82) is 0 Å². The molecule has 2 heterocycles.